The highest BCUT2D eigenvalue weighted by atomic mass is 32.2. The van der Waals surface area contributed by atoms with E-state index in [9.17, 15) is 20.4 Å². The van der Waals surface area contributed by atoms with Gasteiger partial charge >= 0.3 is 0 Å². The molecular formula is C17H18N4O5S. The second-order valence-electron chi connectivity index (χ2n) is 6.12. The highest BCUT2D eigenvalue weighted by Gasteiger charge is 2.44. The van der Waals surface area contributed by atoms with E-state index in [2.05, 4.69) is 15.0 Å². The lowest BCUT2D eigenvalue weighted by molar-refractivity contribution is -0.0511. The SMILES string of the molecule is OC[C@H]1O[C@@H](n2cnc3c(O)nc(CSc4ccccc4)nc32)C(O)C1O. The highest BCUT2D eigenvalue weighted by Crippen LogP contribution is 2.33. The summed E-state index contributed by atoms with van der Waals surface area (Å²) in [7, 11) is 0. The highest BCUT2D eigenvalue weighted by molar-refractivity contribution is 7.98. The van der Waals surface area contributed by atoms with Crippen molar-refractivity contribution in [2.75, 3.05) is 6.61 Å². The molecule has 4 atom stereocenters. The zero-order valence-corrected chi connectivity index (χ0v) is 14.9. The number of hydrogen-bond donors (Lipinski definition) is 4. The van der Waals surface area contributed by atoms with Gasteiger partial charge in [0.05, 0.1) is 18.7 Å². The molecule has 3 heterocycles. The van der Waals surface area contributed by atoms with Gasteiger partial charge in [-0.3, -0.25) is 4.57 Å². The Morgan fingerprint density at radius 1 is 1.11 bits per heavy atom. The topological polar surface area (TPSA) is 134 Å². The van der Waals surface area contributed by atoms with Crippen molar-refractivity contribution in [2.24, 2.45) is 0 Å². The smallest absolute Gasteiger partial charge is 0.243 e. The molecule has 1 aromatic carbocycles. The van der Waals surface area contributed by atoms with Crippen LogP contribution in [0.15, 0.2) is 41.6 Å². The summed E-state index contributed by atoms with van der Waals surface area (Å²) >= 11 is 1.52. The predicted octanol–water partition coefficient (Wildman–Crippen LogP) is 0.436. The normalized spacial score (nSPS) is 25.3. The largest absolute Gasteiger partial charge is 0.492 e. The van der Waals surface area contributed by atoms with Crippen molar-refractivity contribution in [3.05, 3.63) is 42.5 Å². The van der Waals surface area contributed by atoms with Gasteiger partial charge in [0, 0.05) is 4.90 Å². The van der Waals surface area contributed by atoms with Crippen LogP contribution in [0.1, 0.15) is 12.1 Å². The van der Waals surface area contributed by atoms with E-state index >= 15 is 0 Å². The molecule has 0 spiro atoms. The maximum absolute atomic E-state index is 10.2. The van der Waals surface area contributed by atoms with E-state index in [1.54, 1.807) is 0 Å². The molecule has 3 aromatic rings. The Bertz CT molecular complexity index is 938. The predicted molar refractivity (Wildman–Crippen MR) is 96.0 cm³/mol. The van der Waals surface area contributed by atoms with Gasteiger partial charge in [-0.15, -0.1) is 11.8 Å². The van der Waals surface area contributed by atoms with E-state index in [1.165, 1.54) is 22.7 Å². The molecule has 0 amide bonds. The molecule has 2 unspecified atom stereocenters. The third-order valence-electron chi connectivity index (χ3n) is 4.35. The number of aliphatic hydroxyl groups is 3. The van der Waals surface area contributed by atoms with Crippen LogP contribution in [-0.4, -0.2) is 64.9 Å². The van der Waals surface area contributed by atoms with Gasteiger partial charge in [-0.25, -0.2) is 9.97 Å². The van der Waals surface area contributed by atoms with Crippen molar-refractivity contribution in [1.82, 2.24) is 19.5 Å². The first kappa shape index (κ1) is 18.1. The number of fused-ring (bicyclic) bond motifs is 1. The van der Waals surface area contributed by atoms with Crippen molar-refractivity contribution >= 4 is 22.9 Å². The molecule has 4 rings (SSSR count). The van der Waals surface area contributed by atoms with Gasteiger partial charge in [0.2, 0.25) is 5.88 Å². The number of thioether (sulfide) groups is 1. The molecule has 1 saturated heterocycles. The Morgan fingerprint density at radius 2 is 1.89 bits per heavy atom. The molecule has 0 saturated carbocycles. The van der Waals surface area contributed by atoms with Crippen LogP contribution in [0.4, 0.5) is 0 Å². The number of aliphatic hydroxyl groups excluding tert-OH is 3. The summed E-state index contributed by atoms with van der Waals surface area (Å²) < 4.78 is 6.95. The molecule has 0 radical (unpaired) electrons. The molecular weight excluding hydrogens is 372 g/mol. The second-order valence-corrected chi connectivity index (χ2v) is 7.17. The minimum atomic E-state index is -1.26. The van der Waals surface area contributed by atoms with Crippen LogP contribution >= 0.6 is 11.8 Å². The molecule has 1 aliphatic rings. The maximum atomic E-state index is 10.2. The Labute approximate surface area is 158 Å². The van der Waals surface area contributed by atoms with Crippen molar-refractivity contribution in [3.63, 3.8) is 0 Å². The van der Waals surface area contributed by atoms with Gasteiger partial charge in [0.1, 0.15) is 24.1 Å². The molecule has 1 aliphatic heterocycles. The first-order chi connectivity index (χ1) is 13.1. The zero-order chi connectivity index (χ0) is 19.0. The van der Waals surface area contributed by atoms with Crippen molar-refractivity contribution in [1.29, 1.82) is 0 Å². The van der Waals surface area contributed by atoms with Crippen LogP contribution in [0, 0.1) is 0 Å². The standard InChI is InChI=1S/C17H18N4O5S/c22-6-10-13(23)14(24)17(26-10)21-8-18-12-15(21)19-11(20-16(12)25)7-27-9-4-2-1-3-5-9/h1-5,8,10,13-14,17,22-24H,6-7H2,(H,19,20,25)/t10-,13?,14?,17-/m1/s1. The number of imidazole rings is 1. The number of rotatable bonds is 5. The van der Waals surface area contributed by atoms with Crippen LogP contribution in [0.2, 0.25) is 0 Å². The van der Waals surface area contributed by atoms with Gasteiger partial charge in [0.25, 0.3) is 0 Å². The van der Waals surface area contributed by atoms with Gasteiger partial charge in [-0.2, -0.15) is 4.98 Å². The average Bonchev–Trinajstić information content (AvgIpc) is 3.23. The first-order valence-corrected chi connectivity index (χ1v) is 9.29. The lowest BCUT2D eigenvalue weighted by Gasteiger charge is -2.16. The number of hydrogen-bond acceptors (Lipinski definition) is 9. The summed E-state index contributed by atoms with van der Waals surface area (Å²) in [5.41, 5.74) is 0.446. The Hall–Kier alpha value is -2.24. The van der Waals surface area contributed by atoms with Crippen LogP contribution in [0.25, 0.3) is 11.2 Å². The molecule has 0 bridgehead atoms. The summed E-state index contributed by atoms with van der Waals surface area (Å²) in [6.45, 7) is -0.430. The van der Waals surface area contributed by atoms with E-state index < -0.39 is 31.1 Å². The number of ether oxygens (including phenoxy) is 1. The van der Waals surface area contributed by atoms with Gasteiger partial charge in [0.15, 0.2) is 17.4 Å². The lowest BCUT2D eigenvalue weighted by atomic mass is 10.1. The molecule has 0 aliphatic carbocycles. The maximum Gasteiger partial charge on any atom is 0.243 e. The Kier molecular flexibility index (Phi) is 4.98. The van der Waals surface area contributed by atoms with Crippen molar-refractivity contribution < 1.29 is 25.2 Å². The van der Waals surface area contributed by atoms with E-state index in [4.69, 9.17) is 4.74 Å². The molecule has 9 nitrogen and oxygen atoms in total. The number of aromatic nitrogens is 4. The van der Waals surface area contributed by atoms with Crippen LogP contribution in [0.5, 0.6) is 5.88 Å². The molecule has 27 heavy (non-hydrogen) atoms. The van der Waals surface area contributed by atoms with E-state index in [-0.39, 0.29) is 17.0 Å². The zero-order valence-electron chi connectivity index (χ0n) is 14.1. The fourth-order valence-corrected chi connectivity index (χ4v) is 3.75. The summed E-state index contributed by atoms with van der Waals surface area (Å²) in [5.74, 6) is 0.547. The summed E-state index contributed by atoms with van der Waals surface area (Å²) in [4.78, 5) is 13.6. The summed E-state index contributed by atoms with van der Waals surface area (Å²) in [6, 6.07) is 9.72. The van der Waals surface area contributed by atoms with Crippen LogP contribution in [0.3, 0.4) is 0 Å². The van der Waals surface area contributed by atoms with Crippen molar-refractivity contribution in [3.8, 4) is 5.88 Å². The number of benzene rings is 1. The van der Waals surface area contributed by atoms with E-state index in [0.29, 0.717) is 11.6 Å². The summed E-state index contributed by atoms with van der Waals surface area (Å²) in [5, 5.41) is 39.7. The molecule has 2 aromatic heterocycles. The Morgan fingerprint density at radius 3 is 2.59 bits per heavy atom. The van der Waals surface area contributed by atoms with E-state index in [1.807, 2.05) is 30.3 Å². The molecule has 4 N–H and O–H groups in total. The molecule has 10 heteroatoms. The van der Waals surface area contributed by atoms with Gasteiger partial charge in [-0.1, -0.05) is 18.2 Å². The summed E-state index contributed by atoms with van der Waals surface area (Å²) in [6.07, 6.45) is -3.04. The average molecular weight is 390 g/mol. The van der Waals surface area contributed by atoms with Crippen molar-refractivity contribution in [2.45, 2.75) is 35.2 Å². The van der Waals surface area contributed by atoms with Crippen LogP contribution < -0.4 is 0 Å². The molecule has 1 fully saturated rings. The second kappa shape index (κ2) is 7.41. The third-order valence-corrected chi connectivity index (χ3v) is 5.36. The fourth-order valence-electron chi connectivity index (χ4n) is 2.97. The van der Waals surface area contributed by atoms with Crippen LogP contribution in [-0.2, 0) is 10.5 Å². The molecule has 142 valence electrons. The minimum absolute atomic E-state index is 0.168. The first-order valence-electron chi connectivity index (χ1n) is 8.31. The number of nitrogens with zero attached hydrogens (tertiary/aromatic N) is 4. The van der Waals surface area contributed by atoms with E-state index in [0.717, 1.165) is 4.90 Å². The fraction of sp³-hybridized carbons (Fsp3) is 0.353. The van der Waals surface area contributed by atoms with Gasteiger partial charge in [-0.05, 0) is 12.1 Å². The monoisotopic (exact) mass is 390 g/mol. The quantitative estimate of drug-likeness (QED) is 0.458. The number of aromatic hydroxyl groups is 1. The minimum Gasteiger partial charge on any atom is -0.492 e. The van der Waals surface area contributed by atoms with Gasteiger partial charge < -0.3 is 25.2 Å². The third kappa shape index (κ3) is 3.37. The Balaban J connectivity index is 1.64. The lowest BCUT2D eigenvalue weighted by Crippen LogP contribution is -2.33.